The minimum atomic E-state index is -1.20. The third-order valence-electron chi connectivity index (χ3n) is 5.12. The van der Waals surface area contributed by atoms with Gasteiger partial charge in [0.1, 0.15) is 11.9 Å². The number of aliphatic hydroxyl groups excluding tert-OH is 1. The molecular weight excluding hydrogens is 410 g/mol. The second kappa shape index (κ2) is 11.6. The highest BCUT2D eigenvalue weighted by Gasteiger charge is 2.29. The van der Waals surface area contributed by atoms with Gasteiger partial charge in [0.2, 0.25) is 12.3 Å². The number of esters is 1. The standard InChI is InChI=1S/C24H39N3O5/c1-16(2)21(22(29)31-15-18-9-10-18)26-20(28)8-7-13-27(23(30)32-24(4,5)6)19-14-17(3)11-12-25-19/h11-12,14,16,18,21,23,30H,7-10,13,15H2,1-6H3,(H,26,28)/t21-,23?/m1/s1. The van der Waals surface area contributed by atoms with Crippen LogP contribution in [0.3, 0.4) is 0 Å². The Bertz CT molecular complexity index is 758. The Morgan fingerprint density at radius 1 is 1.31 bits per heavy atom. The van der Waals surface area contributed by atoms with E-state index >= 15 is 0 Å². The Hall–Kier alpha value is -2.19. The van der Waals surface area contributed by atoms with Crippen LogP contribution in [-0.4, -0.2) is 53.2 Å². The summed E-state index contributed by atoms with van der Waals surface area (Å²) in [5.74, 6) is 0.382. The Morgan fingerprint density at radius 3 is 2.56 bits per heavy atom. The van der Waals surface area contributed by atoms with Crippen LogP contribution >= 0.6 is 0 Å². The molecule has 0 spiro atoms. The third-order valence-corrected chi connectivity index (χ3v) is 5.12. The Kier molecular flexibility index (Phi) is 9.46. The molecule has 1 aromatic heterocycles. The number of hydrogen-bond donors (Lipinski definition) is 2. The van der Waals surface area contributed by atoms with Gasteiger partial charge in [-0.05, 0) is 76.5 Å². The molecule has 1 aliphatic rings. The molecule has 0 radical (unpaired) electrons. The van der Waals surface area contributed by atoms with Crippen molar-refractivity contribution in [3.05, 3.63) is 23.9 Å². The highest BCUT2D eigenvalue weighted by atomic mass is 16.6. The number of carbonyl (C=O) groups is 2. The summed E-state index contributed by atoms with van der Waals surface area (Å²) in [7, 11) is 0. The Morgan fingerprint density at radius 2 is 2.00 bits per heavy atom. The molecule has 2 N–H and O–H groups in total. The van der Waals surface area contributed by atoms with Gasteiger partial charge in [0.15, 0.2) is 0 Å². The summed E-state index contributed by atoms with van der Waals surface area (Å²) in [6, 6.07) is 3.08. The Labute approximate surface area is 191 Å². The molecule has 1 unspecified atom stereocenters. The molecule has 1 aliphatic carbocycles. The molecule has 2 atom stereocenters. The summed E-state index contributed by atoms with van der Waals surface area (Å²) in [6.07, 6.45) is 3.33. The van der Waals surface area contributed by atoms with Crippen molar-refractivity contribution in [3.63, 3.8) is 0 Å². The fourth-order valence-electron chi connectivity index (χ4n) is 3.12. The van der Waals surface area contributed by atoms with Crippen molar-refractivity contribution in [2.45, 2.75) is 85.3 Å². The van der Waals surface area contributed by atoms with Gasteiger partial charge in [-0.25, -0.2) is 9.78 Å². The second-order valence-electron chi connectivity index (χ2n) is 9.91. The van der Waals surface area contributed by atoms with Gasteiger partial charge in [0.05, 0.1) is 12.2 Å². The van der Waals surface area contributed by atoms with Gasteiger partial charge in [-0.15, -0.1) is 0 Å². The van der Waals surface area contributed by atoms with E-state index < -0.39 is 18.1 Å². The smallest absolute Gasteiger partial charge is 0.328 e. The van der Waals surface area contributed by atoms with Gasteiger partial charge in [-0.1, -0.05) is 13.8 Å². The van der Waals surface area contributed by atoms with E-state index in [-0.39, 0.29) is 24.2 Å². The van der Waals surface area contributed by atoms with Gasteiger partial charge >= 0.3 is 5.97 Å². The molecule has 1 heterocycles. The van der Waals surface area contributed by atoms with Crippen LogP contribution in [0.25, 0.3) is 0 Å². The van der Waals surface area contributed by atoms with E-state index in [4.69, 9.17) is 9.47 Å². The van der Waals surface area contributed by atoms with Crippen LogP contribution in [0, 0.1) is 18.8 Å². The number of amides is 1. The number of aromatic nitrogens is 1. The average molecular weight is 450 g/mol. The van der Waals surface area contributed by atoms with Gasteiger partial charge in [0.25, 0.3) is 0 Å². The highest BCUT2D eigenvalue weighted by Crippen LogP contribution is 2.29. The van der Waals surface area contributed by atoms with Crippen molar-refractivity contribution >= 4 is 17.7 Å². The molecular formula is C24H39N3O5. The lowest BCUT2D eigenvalue weighted by molar-refractivity contribution is -0.165. The maximum atomic E-state index is 12.5. The molecule has 1 saturated carbocycles. The first-order chi connectivity index (χ1) is 15.0. The number of aliphatic hydroxyl groups is 1. The minimum absolute atomic E-state index is 0.0688. The molecule has 1 aromatic rings. The van der Waals surface area contributed by atoms with Crippen LogP contribution in [0.4, 0.5) is 5.82 Å². The number of hydrogen-bond acceptors (Lipinski definition) is 7. The average Bonchev–Trinajstić information content (AvgIpc) is 3.50. The SMILES string of the molecule is Cc1ccnc(N(CCCC(=O)N[C@@H](C(=O)OCC2CC2)C(C)C)C(O)OC(C)(C)C)c1. The minimum Gasteiger partial charge on any atom is -0.464 e. The summed E-state index contributed by atoms with van der Waals surface area (Å²) in [6.45, 7) is 12.1. The molecule has 0 saturated heterocycles. The van der Waals surface area contributed by atoms with Crippen molar-refractivity contribution in [1.29, 1.82) is 0 Å². The molecule has 8 heteroatoms. The van der Waals surface area contributed by atoms with E-state index in [1.54, 1.807) is 11.1 Å². The quantitative estimate of drug-likeness (QED) is 0.373. The van der Waals surface area contributed by atoms with Crippen LogP contribution in [0.2, 0.25) is 0 Å². The van der Waals surface area contributed by atoms with Crippen molar-refractivity contribution < 1.29 is 24.2 Å². The normalized spacial score (nSPS) is 15.9. The van der Waals surface area contributed by atoms with Crippen LogP contribution in [-0.2, 0) is 19.1 Å². The number of aryl methyl sites for hydroxylation is 1. The van der Waals surface area contributed by atoms with Gasteiger partial charge < -0.3 is 24.8 Å². The molecule has 32 heavy (non-hydrogen) atoms. The highest BCUT2D eigenvalue weighted by molar-refractivity contribution is 5.84. The second-order valence-corrected chi connectivity index (χ2v) is 9.91. The van der Waals surface area contributed by atoms with Crippen molar-refractivity contribution in [1.82, 2.24) is 10.3 Å². The first-order valence-electron chi connectivity index (χ1n) is 11.5. The van der Waals surface area contributed by atoms with Crippen LogP contribution < -0.4 is 10.2 Å². The Balaban J connectivity index is 1.93. The lowest BCUT2D eigenvalue weighted by Gasteiger charge is -2.33. The van der Waals surface area contributed by atoms with Crippen LogP contribution in [0.15, 0.2) is 18.3 Å². The monoisotopic (exact) mass is 449 g/mol. The zero-order valence-corrected chi connectivity index (χ0v) is 20.3. The molecule has 1 amide bonds. The van der Waals surface area contributed by atoms with E-state index in [0.717, 1.165) is 18.4 Å². The summed E-state index contributed by atoms with van der Waals surface area (Å²) >= 11 is 0. The number of anilines is 1. The molecule has 0 aromatic carbocycles. The van der Waals surface area contributed by atoms with Gasteiger partial charge in [0, 0.05) is 19.2 Å². The summed E-state index contributed by atoms with van der Waals surface area (Å²) in [5, 5.41) is 13.5. The fraction of sp³-hybridized carbons (Fsp3) is 0.708. The van der Waals surface area contributed by atoms with E-state index in [9.17, 15) is 14.7 Å². The van der Waals surface area contributed by atoms with Crippen molar-refractivity contribution in [3.8, 4) is 0 Å². The summed E-state index contributed by atoms with van der Waals surface area (Å²) in [4.78, 5) is 30.9. The predicted molar refractivity (Wildman–Crippen MR) is 123 cm³/mol. The van der Waals surface area contributed by atoms with E-state index in [1.807, 2.05) is 53.7 Å². The van der Waals surface area contributed by atoms with Gasteiger partial charge in [-0.3, -0.25) is 4.79 Å². The predicted octanol–water partition coefficient (Wildman–Crippen LogP) is 3.16. The van der Waals surface area contributed by atoms with Crippen LogP contribution in [0.5, 0.6) is 0 Å². The molecule has 0 bridgehead atoms. The number of rotatable bonds is 12. The number of nitrogens with one attached hydrogen (secondary N) is 1. The van der Waals surface area contributed by atoms with E-state index in [1.165, 1.54) is 0 Å². The third kappa shape index (κ3) is 9.12. The number of ether oxygens (including phenoxy) is 2. The fourth-order valence-corrected chi connectivity index (χ4v) is 3.12. The topological polar surface area (TPSA) is 101 Å². The first-order valence-corrected chi connectivity index (χ1v) is 11.5. The molecule has 180 valence electrons. The maximum Gasteiger partial charge on any atom is 0.328 e. The molecule has 1 fully saturated rings. The summed E-state index contributed by atoms with van der Waals surface area (Å²) < 4.78 is 11.1. The molecule has 0 aliphatic heterocycles. The lowest BCUT2D eigenvalue weighted by Crippen LogP contribution is -2.46. The largest absolute Gasteiger partial charge is 0.464 e. The van der Waals surface area contributed by atoms with Crippen molar-refractivity contribution in [2.24, 2.45) is 11.8 Å². The molecule has 2 rings (SSSR count). The molecule has 8 nitrogen and oxygen atoms in total. The van der Waals surface area contributed by atoms with E-state index in [0.29, 0.717) is 31.3 Å². The van der Waals surface area contributed by atoms with Gasteiger partial charge in [-0.2, -0.15) is 0 Å². The number of carbonyl (C=O) groups excluding carboxylic acids is 2. The zero-order valence-electron chi connectivity index (χ0n) is 20.3. The van der Waals surface area contributed by atoms with Crippen molar-refractivity contribution in [2.75, 3.05) is 18.1 Å². The maximum absolute atomic E-state index is 12.5. The number of pyridine rings is 1. The number of nitrogens with zero attached hydrogens (tertiary/aromatic N) is 2. The zero-order chi connectivity index (χ0) is 23.9. The van der Waals surface area contributed by atoms with Crippen LogP contribution in [0.1, 0.15) is 65.9 Å². The lowest BCUT2D eigenvalue weighted by atomic mass is 10.0. The van der Waals surface area contributed by atoms with E-state index in [2.05, 4.69) is 10.3 Å². The summed E-state index contributed by atoms with van der Waals surface area (Å²) in [5.41, 5.74) is 0.453. The first kappa shape index (κ1) is 26.1.